The predicted molar refractivity (Wildman–Crippen MR) is 72.1 cm³/mol. The number of nitrogens with zero attached hydrogens (tertiary/aromatic N) is 1. The van der Waals surface area contributed by atoms with Crippen LogP contribution in [0.5, 0.6) is 0 Å². The Bertz CT molecular complexity index is 499. The Morgan fingerprint density at radius 3 is 2.58 bits per heavy atom. The lowest BCUT2D eigenvalue weighted by molar-refractivity contribution is 0.160. The van der Waals surface area contributed by atoms with Gasteiger partial charge in [0, 0.05) is 13.7 Å². The van der Waals surface area contributed by atoms with Gasteiger partial charge in [-0.2, -0.15) is 4.31 Å². The van der Waals surface area contributed by atoms with Crippen LogP contribution < -0.4 is 0 Å². The van der Waals surface area contributed by atoms with Gasteiger partial charge in [-0.25, -0.2) is 8.42 Å². The SMILES string of the molecule is COCCN(C1CO1)S(=O)(=O)C(C)c1ccccc1. The number of benzene rings is 1. The molecule has 1 aromatic rings. The first kappa shape index (κ1) is 14.5. The molecule has 0 bridgehead atoms. The quantitative estimate of drug-likeness (QED) is 0.710. The van der Waals surface area contributed by atoms with E-state index in [1.54, 1.807) is 14.0 Å². The minimum Gasteiger partial charge on any atom is -0.383 e. The lowest BCUT2D eigenvalue weighted by Crippen LogP contribution is -2.38. The van der Waals surface area contributed by atoms with E-state index in [1.165, 1.54) is 4.31 Å². The summed E-state index contributed by atoms with van der Waals surface area (Å²) in [5, 5.41) is -0.588. The second kappa shape index (κ2) is 6.00. The van der Waals surface area contributed by atoms with Crippen LogP contribution >= 0.6 is 0 Å². The molecule has 1 heterocycles. The number of hydrogen-bond donors (Lipinski definition) is 0. The Morgan fingerprint density at radius 2 is 2.05 bits per heavy atom. The average Bonchev–Trinajstić information content (AvgIpc) is 3.23. The van der Waals surface area contributed by atoms with Crippen LogP contribution in [-0.2, 0) is 19.5 Å². The lowest BCUT2D eigenvalue weighted by atomic mass is 10.2. The third-order valence-electron chi connectivity index (χ3n) is 3.20. The van der Waals surface area contributed by atoms with Gasteiger partial charge in [-0.1, -0.05) is 30.3 Å². The molecule has 19 heavy (non-hydrogen) atoms. The van der Waals surface area contributed by atoms with Crippen LogP contribution in [0.3, 0.4) is 0 Å². The highest BCUT2D eigenvalue weighted by Crippen LogP contribution is 2.29. The van der Waals surface area contributed by atoms with Crippen molar-refractivity contribution in [1.82, 2.24) is 4.31 Å². The molecule has 0 aliphatic carbocycles. The first-order valence-electron chi connectivity index (χ1n) is 6.23. The second-order valence-corrected chi connectivity index (χ2v) is 6.70. The van der Waals surface area contributed by atoms with Gasteiger partial charge < -0.3 is 9.47 Å². The van der Waals surface area contributed by atoms with Crippen molar-refractivity contribution in [2.75, 3.05) is 26.9 Å². The average molecular weight is 285 g/mol. The monoisotopic (exact) mass is 285 g/mol. The molecule has 0 aromatic heterocycles. The van der Waals surface area contributed by atoms with Crippen LogP contribution in [-0.4, -0.2) is 45.8 Å². The molecule has 1 aliphatic heterocycles. The standard InChI is InChI=1S/C13H19NO4S/c1-11(12-6-4-3-5-7-12)19(15,16)14(8-9-17-2)13-10-18-13/h3-7,11,13H,8-10H2,1-2H3. The zero-order valence-electron chi connectivity index (χ0n) is 11.2. The zero-order valence-corrected chi connectivity index (χ0v) is 12.0. The van der Waals surface area contributed by atoms with Crippen LogP contribution in [0.2, 0.25) is 0 Å². The molecule has 6 heteroatoms. The molecular weight excluding hydrogens is 266 g/mol. The number of rotatable bonds is 7. The van der Waals surface area contributed by atoms with Gasteiger partial charge >= 0.3 is 0 Å². The topological polar surface area (TPSA) is 59.1 Å². The number of sulfonamides is 1. The van der Waals surface area contributed by atoms with E-state index in [-0.39, 0.29) is 6.23 Å². The van der Waals surface area contributed by atoms with E-state index in [1.807, 2.05) is 30.3 Å². The van der Waals surface area contributed by atoms with Crippen molar-refractivity contribution >= 4 is 10.0 Å². The number of ether oxygens (including phenoxy) is 2. The Labute approximate surface area is 114 Å². The van der Waals surface area contributed by atoms with Gasteiger partial charge in [0.2, 0.25) is 10.0 Å². The second-order valence-electron chi connectivity index (χ2n) is 4.49. The number of hydrogen-bond acceptors (Lipinski definition) is 4. The minimum absolute atomic E-state index is 0.320. The zero-order chi connectivity index (χ0) is 13.9. The third kappa shape index (κ3) is 3.33. The summed E-state index contributed by atoms with van der Waals surface area (Å²) >= 11 is 0. The number of methoxy groups -OCH3 is 1. The fourth-order valence-corrected chi connectivity index (χ4v) is 3.61. The van der Waals surface area contributed by atoms with Gasteiger partial charge in [-0.3, -0.25) is 0 Å². The Hall–Kier alpha value is -0.950. The van der Waals surface area contributed by atoms with E-state index in [0.29, 0.717) is 19.8 Å². The van der Waals surface area contributed by atoms with Crippen molar-refractivity contribution < 1.29 is 17.9 Å². The molecule has 1 fully saturated rings. The van der Waals surface area contributed by atoms with Gasteiger partial charge in [-0.05, 0) is 12.5 Å². The van der Waals surface area contributed by atoms with Crippen LogP contribution in [0, 0.1) is 0 Å². The maximum atomic E-state index is 12.6. The molecule has 2 rings (SSSR count). The first-order chi connectivity index (χ1) is 9.07. The molecule has 106 valence electrons. The summed E-state index contributed by atoms with van der Waals surface area (Å²) in [4.78, 5) is 0. The summed E-state index contributed by atoms with van der Waals surface area (Å²) in [6.07, 6.45) is -0.327. The van der Waals surface area contributed by atoms with Crippen LogP contribution in [0.25, 0.3) is 0 Å². The molecule has 0 spiro atoms. The van der Waals surface area contributed by atoms with E-state index >= 15 is 0 Å². The summed E-state index contributed by atoms with van der Waals surface area (Å²) < 4.78 is 36.7. The van der Waals surface area contributed by atoms with Gasteiger partial charge in [0.05, 0.1) is 18.5 Å². The number of epoxide rings is 1. The molecule has 0 saturated carbocycles. The van der Waals surface area contributed by atoms with E-state index in [9.17, 15) is 8.42 Å². The van der Waals surface area contributed by atoms with E-state index in [2.05, 4.69) is 0 Å². The smallest absolute Gasteiger partial charge is 0.223 e. The molecular formula is C13H19NO4S. The molecule has 0 radical (unpaired) electrons. The van der Waals surface area contributed by atoms with Crippen molar-refractivity contribution in [1.29, 1.82) is 0 Å². The van der Waals surface area contributed by atoms with Gasteiger partial charge in [0.1, 0.15) is 6.23 Å². The molecule has 2 unspecified atom stereocenters. The molecule has 1 aromatic carbocycles. The van der Waals surface area contributed by atoms with Crippen LogP contribution in [0.15, 0.2) is 30.3 Å². The van der Waals surface area contributed by atoms with E-state index in [0.717, 1.165) is 5.56 Å². The molecule has 1 aliphatic rings. The minimum atomic E-state index is -3.43. The van der Waals surface area contributed by atoms with Crippen LogP contribution in [0.4, 0.5) is 0 Å². The largest absolute Gasteiger partial charge is 0.383 e. The molecule has 2 atom stereocenters. The van der Waals surface area contributed by atoms with E-state index < -0.39 is 15.3 Å². The van der Waals surface area contributed by atoms with Gasteiger partial charge in [0.15, 0.2) is 0 Å². The summed E-state index contributed by atoms with van der Waals surface area (Å²) in [6.45, 7) is 2.85. The summed E-state index contributed by atoms with van der Waals surface area (Å²) in [5.74, 6) is 0. The van der Waals surface area contributed by atoms with Crippen molar-refractivity contribution in [3.8, 4) is 0 Å². The molecule has 5 nitrogen and oxygen atoms in total. The first-order valence-corrected chi connectivity index (χ1v) is 7.74. The predicted octanol–water partition coefficient (Wildman–Crippen LogP) is 1.38. The Morgan fingerprint density at radius 1 is 1.42 bits per heavy atom. The van der Waals surface area contributed by atoms with Gasteiger partial charge in [-0.15, -0.1) is 0 Å². The summed E-state index contributed by atoms with van der Waals surface area (Å²) in [7, 11) is -1.88. The highest BCUT2D eigenvalue weighted by atomic mass is 32.2. The van der Waals surface area contributed by atoms with Crippen molar-refractivity contribution in [3.05, 3.63) is 35.9 Å². The van der Waals surface area contributed by atoms with Crippen molar-refractivity contribution in [2.24, 2.45) is 0 Å². The summed E-state index contributed by atoms with van der Waals surface area (Å²) in [6, 6.07) is 9.20. The van der Waals surface area contributed by atoms with Crippen LogP contribution in [0.1, 0.15) is 17.7 Å². The van der Waals surface area contributed by atoms with Crippen molar-refractivity contribution in [2.45, 2.75) is 18.4 Å². The maximum Gasteiger partial charge on any atom is 0.223 e. The highest BCUT2D eigenvalue weighted by molar-refractivity contribution is 7.89. The molecule has 1 saturated heterocycles. The maximum absolute atomic E-state index is 12.6. The lowest BCUT2D eigenvalue weighted by Gasteiger charge is -2.24. The molecule has 0 N–H and O–H groups in total. The highest BCUT2D eigenvalue weighted by Gasteiger charge is 2.41. The fourth-order valence-electron chi connectivity index (χ4n) is 1.92. The van der Waals surface area contributed by atoms with Crippen molar-refractivity contribution in [3.63, 3.8) is 0 Å². The Balaban J connectivity index is 2.19. The van der Waals surface area contributed by atoms with E-state index in [4.69, 9.17) is 9.47 Å². The Kier molecular flexibility index (Phi) is 4.57. The van der Waals surface area contributed by atoms with Gasteiger partial charge in [0.25, 0.3) is 0 Å². The normalized spacial score (nSPS) is 20.5. The summed E-state index contributed by atoms with van der Waals surface area (Å²) in [5.41, 5.74) is 0.783. The third-order valence-corrected chi connectivity index (χ3v) is 5.43. The molecule has 0 amide bonds. The fraction of sp³-hybridized carbons (Fsp3) is 0.538.